The van der Waals surface area contributed by atoms with Gasteiger partial charge in [-0.3, -0.25) is 4.79 Å². The molecule has 1 amide bonds. The second-order valence-electron chi connectivity index (χ2n) is 3.15. The highest BCUT2D eigenvalue weighted by molar-refractivity contribution is 5.81. The molecule has 0 radical (unpaired) electrons. The number of nitrogens with two attached hydrogens (primary N) is 1. The van der Waals surface area contributed by atoms with Gasteiger partial charge in [0, 0.05) is 0 Å². The van der Waals surface area contributed by atoms with Gasteiger partial charge in [0.25, 0.3) is 0 Å². The van der Waals surface area contributed by atoms with Gasteiger partial charge in [0.1, 0.15) is 0 Å². The molecule has 0 fully saturated rings. The lowest BCUT2D eigenvalue weighted by molar-refractivity contribution is -0.119. The van der Waals surface area contributed by atoms with Crippen molar-refractivity contribution < 1.29 is 4.79 Å². The van der Waals surface area contributed by atoms with Gasteiger partial charge in [-0.05, 0) is 12.0 Å². The summed E-state index contributed by atoms with van der Waals surface area (Å²) in [6.07, 6.45) is 1.81. The van der Waals surface area contributed by atoms with E-state index >= 15 is 0 Å². The Morgan fingerprint density at radius 1 is 1.36 bits per heavy atom. The summed E-state index contributed by atoms with van der Waals surface area (Å²) in [4.78, 5) is 11.1. The minimum absolute atomic E-state index is 0. The van der Waals surface area contributed by atoms with Gasteiger partial charge in [-0.2, -0.15) is 0 Å². The van der Waals surface area contributed by atoms with Crippen LogP contribution in [0.2, 0.25) is 0 Å². The van der Waals surface area contributed by atoms with E-state index in [1.807, 2.05) is 30.3 Å². The van der Waals surface area contributed by atoms with Crippen LogP contribution in [-0.2, 0) is 4.79 Å². The van der Waals surface area contributed by atoms with Crippen LogP contribution in [0.25, 0.3) is 0 Å². The Kier molecular flexibility index (Phi) is 5.56. The Hall–Kier alpha value is -1.35. The summed E-state index contributed by atoms with van der Waals surface area (Å²) >= 11 is 0. The van der Waals surface area contributed by atoms with E-state index in [0.29, 0.717) is 0 Å². The molecule has 1 aromatic rings. The van der Waals surface area contributed by atoms with Crippen molar-refractivity contribution >= 4 is 5.91 Å². The molecule has 0 heterocycles. The normalized spacial score (nSPS) is 11.5. The number of hydrogen-bond donors (Lipinski definition) is 2. The van der Waals surface area contributed by atoms with Gasteiger partial charge >= 0.3 is 0 Å². The first-order valence-electron chi connectivity index (χ1n) is 4.60. The number of primary amides is 1. The predicted octanol–water partition coefficient (Wildman–Crippen LogP) is 2.22. The van der Waals surface area contributed by atoms with Crippen molar-refractivity contribution in [1.29, 1.82) is 0 Å². The summed E-state index contributed by atoms with van der Waals surface area (Å²) in [5.74, 6) is -0.348. The van der Waals surface area contributed by atoms with E-state index in [4.69, 9.17) is 5.73 Å². The van der Waals surface area contributed by atoms with E-state index in [1.54, 1.807) is 0 Å². The first kappa shape index (κ1) is 12.7. The van der Waals surface area contributed by atoms with Crippen LogP contribution in [0, 0.1) is 0 Å². The second kappa shape index (κ2) is 6.16. The summed E-state index contributed by atoms with van der Waals surface area (Å²) in [6.45, 7) is 2.05. The lowest BCUT2D eigenvalue weighted by atomic mass is 9.94. The maximum atomic E-state index is 11.1. The molecule has 1 aromatic carbocycles. The Morgan fingerprint density at radius 3 is 2.36 bits per heavy atom. The monoisotopic (exact) mass is 194 g/mol. The third kappa shape index (κ3) is 3.18. The molecule has 14 heavy (non-hydrogen) atoms. The van der Waals surface area contributed by atoms with E-state index in [-0.39, 0.29) is 18.0 Å². The van der Waals surface area contributed by atoms with E-state index in [2.05, 4.69) is 6.92 Å². The highest BCUT2D eigenvalue weighted by Gasteiger charge is 2.15. The molecule has 5 N–H and O–H groups in total. The third-order valence-corrected chi connectivity index (χ3v) is 2.12. The highest BCUT2D eigenvalue weighted by atomic mass is 16.1. The molecular weight excluding hydrogens is 176 g/mol. The lowest BCUT2D eigenvalue weighted by Gasteiger charge is -2.11. The van der Waals surface area contributed by atoms with Gasteiger partial charge in [-0.25, -0.2) is 0 Å². The SMILES string of the molecule is CCCC(C(N)=O)c1ccccc1.N. The van der Waals surface area contributed by atoms with E-state index in [1.165, 1.54) is 0 Å². The second-order valence-corrected chi connectivity index (χ2v) is 3.15. The maximum absolute atomic E-state index is 11.1. The summed E-state index contributed by atoms with van der Waals surface area (Å²) in [6, 6.07) is 9.70. The number of rotatable bonds is 4. The van der Waals surface area contributed by atoms with Crippen molar-refractivity contribution in [3.8, 4) is 0 Å². The number of amides is 1. The van der Waals surface area contributed by atoms with Gasteiger partial charge in [0.05, 0.1) is 5.92 Å². The Labute approximate surface area is 84.9 Å². The number of benzene rings is 1. The fourth-order valence-electron chi connectivity index (χ4n) is 1.45. The van der Waals surface area contributed by atoms with Crippen molar-refractivity contribution in [2.45, 2.75) is 25.7 Å². The zero-order valence-corrected chi connectivity index (χ0v) is 8.57. The van der Waals surface area contributed by atoms with Crippen molar-refractivity contribution in [2.24, 2.45) is 5.73 Å². The topological polar surface area (TPSA) is 78.1 Å². The first-order valence-corrected chi connectivity index (χ1v) is 4.60. The molecule has 0 saturated carbocycles. The van der Waals surface area contributed by atoms with Crippen molar-refractivity contribution in [2.75, 3.05) is 0 Å². The van der Waals surface area contributed by atoms with E-state index < -0.39 is 0 Å². The van der Waals surface area contributed by atoms with Crippen LogP contribution >= 0.6 is 0 Å². The molecular formula is C11H18N2O. The van der Waals surface area contributed by atoms with Gasteiger partial charge in [0.2, 0.25) is 5.91 Å². The van der Waals surface area contributed by atoms with Crippen molar-refractivity contribution in [1.82, 2.24) is 6.15 Å². The summed E-state index contributed by atoms with van der Waals surface area (Å²) in [7, 11) is 0. The molecule has 1 atom stereocenters. The fourth-order valence-corrected chi connectivity index (χ4v) is 1.45. The molecule has 1 rings (SSSR count). The molecule has 0 aromatic heterocycles. The van der Waals surface area contributed by atoms with Crippen molar-refractivity contribution in [3.63, 3.8) is 0 Å². The number of carbonyl (C=O) groups excluding carboxylic acids is 1. The van der Waals surface area contributed by atoms with Crippen LogP contribution in [0.5, 0.6) is 0 Å². The average Bonchev–Trinajstić information content (AvgIpc) is 2.15. The molecule has 0 bridgehead atoms. The number of carbonyl (C=O) groups is 1. The maximum Gasteiger partial charge on any atom is 0.224 e. The van der Waals surface area contributed by atoms with Gasteiger partial charge in [0.15, 0.2) is 0 Å². The fraction of sp³-hybridized carbons (Fsp3) is 0.364. The minimum atomic E-state index is -0.229. The first-order chi connectivity index (χ1) is 6.25. The Bertz CT molecular complexity index is 272. The number of hydrogen-bond acceptors (Lipinski definition) is 2. The Morgan fingerprint density at radius 2 is 1.93 bits per heavy atom. The van der Waals surface area contributed by atoms with Gasteiger partial charge < -0.3 is 11.9 Å². The molecule has 0 aliphatic rings. The van der Waals surface area contributed by atoms with Crippen LogP contribution in [0.1, 0.15) is 31.2 Å². The minimum Gasteiger partial charge on any atom is -0.369 e. The summed E-state index contributed by atoms with van der Waals surface area (Å²) < 4.78 is 0. The molecule has 3 heteroatoms. The molecule has 0 aliphatic carbocycles. The predicted molar refractivity (Wildman–Crippen MR) is 58.3 cm³/mol. The summed E-state index contributed by atoms with van der Waals surface area (Å²) in [5, 5.41) is 0. The molecule has 1 unspecified atom stereocenters. The van der Waals surface area contributed by atoms with Crippen LogP contribution in [0.4, 0.5) is 0 Å². The van der Waals surface area contributed by atoms with Crippen LogP contribution in [0.15, 0.2) is 30.3 Å². The molecule has 0 saturated heterocycles. The zero-order valence-electron chi connectivity index (χ0n) is 8.57. The van der Waals surface area contributed by atoms with E-state index in [9.17, 15) is 4.79 Å². The smallest absolute Gasteiger partial charge is 0.224 e. The quantitative estimate of drug-likeness (QED) is 0.770. The van der Waals surface area contributed by atoms with Gasteiger partial charge in [-0.15, -0.1) is 0 Å². The highest BCUT2D eigenvalue weighted by Crippen LogP contribution is 2.19. The molecule has 0 spiro atoms. The average molecular weight is 194 g/mol. The molecule has 3 nitrogen and oxygen atoms in total. The zero-order chi connectivity index (χ0) is 9.68. The molecule has 0 aliphatic heterocycles. The van der Waals surface area contributed by atoms with Crippen LogP contribution in [0.3, 0.4) is 0 Å². The van der Waals surface area contributed by atoms with E-state index in [0.717, 1.165) is 18.4 Å². The van der Waals surface area contributed by atoms with Gasteiger partial charge in [-0.1, -0.05) is 43.7 Å². The summed E-state index contributed by atoms with van der Waals surface area (Å²) in [5.41, 5.74) is 6.34. The van der Waals surface area contributed by atoms with Crippen molar-refractivity contribution in [3.05, 3.63) is 35.9 Å². The standard InChI is InChI=1S/C11H15NO.H3N/c1-2-6-10(11(12)13)9-7-4-3-5-8-9;/h3-5,7-8,10H,2,6H2,1H3,(H2,12,13);1H3. The van der Waals surface area contributed by atoms with Crippen LogP contribution in [-0.4, -0.2) is 5.91 Å². The largest absolute Gasteiger partial charge is 0.369 e. The van der Waals surface area contributed by atoms with Crippen LogP contribution < -0.4 is 11.9 Å². The third-order valence-electron chi connectivity index (χ3n) is 2.12. The molecule has 78 valence electrons. The Balaban J connectivity index is 0.00000169. The lowest BCUT2D eigenvalue weighted by Crippen LogP contribution is -2.21.